The van der Waals surface area contributed by atoms with Crippen LogP contribution in [0, 0.1) is 0 Å². The van der Waals surface area contributed by atoms with Crippen molar-refractivity contribution in [3.05, 3.63) is 84.9 Å². The lowest BCUT2D eigenvalue weighted by Gasteiger charge is -2.05. The molecule has 124 valence electrons. The fourth-order valence-corrected chi connectivity index (χ4v) is 3.08. The Balaban J connectivity index is 1.83. The van der Waals surface area contributed by atoms with Gasteiger partial charge in [0.2, 0.25) is 0 Å². The number of aromatic nitrogens is 4. The molecule has 0 fully saturated rings. The smallest absolute Gasteiger partial charge is 0.193 e. The lowest BCUT2D eigenvalue weighted by Crippen LogP contribution is -1.99. The third-order valence-electron chi connectivity index (χ3n) is 4.31. The van der Waals surface area contributed by atoms with Crippen LogP contribution in [0.25, 0.3) is 39.3 Å². The number of hydrogen-bond donors (Lipinski definition) is 0. The van der Waals surface area contributed by atoms with Gasteiger partial charge < -0.3 is 4.52 Å². The fraction of sp³-hybridized carbons (Fsp3) is 0. The quantitative estimate of drug-likeness (QED) is 0.477. The van der Waals surface area contributed by atoms with Crippen molar-refractivity contribution >= 4 is 11.0 Å². The molecule has 0 aliphatic heterocycles. The summed E-state index contributed by atoms with van der Waals surface area (Å²) in [7, 11) is 0. The lowest BCUT2D eigenvalue weighted by atomic mass is 10.1. The Morgan fingerprint density at radius 3 is 2.12 bits per heavy atom. The number of benzene rings is 3. The molecule has 2 aromatic heterocycles. The minimum absolute atomic E-state index is 0.667. The van der Waals surface area contributed by atoms with Crippen molar-refractivity contribution in [2.75, 3.05) is 0 Å². The van der Waals surface area contributed by atoms with Gasteiger partial charge in [0.1, 0.15) is 16.9 Å². The van der Waals surface area contributed by atoms with Gasteiger partial charge in [-0.25, -0.2) is 4.68 Å². The number of para-hydroxylation sites is 1. The molecule has 2 heterocycles. The normalized spacial score (nSPS) is 11.1. The van der Waals surface area contributed by atoms with Crippen molar-refractivity contribution in [2.45, 2.75) is 0 Å². The number of nitrogens with zero attached hydrogens (tertiary/aromatic N) is 4. The van der Waals surface area contributed by atoms with E-state index in [4.69, 9.17) is 4.52 Å². The van der Waals surface area contributed by atoms with Gasteiger partial charge in [0.05, 0.1) is 5.52 Å². The summed E-state index contributed by atoms with van der Waals surface area (Å²) in [4.78, 5) is 0. The first kappa shape index (κ1) is 14.6. The van der Waals surface area contributed by atoms with E-state index in [0.717, 1.165) is 33.5 Å². The molecule has 0 atom stereocenters. The first-order chi connectivity index (χ1) is 12.9. The Morgan fingerprint density at radius 2 is 1.35 bits per heavy atom. The molecular weight excluding hydrogens is 324 g/mol. The zero-order chi connectivity index (χ0) is 17.3. The summed E-state index contributed by atoms with van der Waals surface area (Å²) in [5.74, 6) is 0.667. The maximum Gasteiger partial charge on any atom is 0.193 e. The van der Waals surface area contributed by atoms with Crippen molar-refractivity contribution in [1.29, 1.82) is 0 Å². The van der Waals surface area contributed by atoms with Crippen LogP contribution >= 0.6 is 0 Å². The minimum atomic E-state index is 0.667. The van der Waals surface area contributed by atoms with Gasteiger partial charge in [-0.05, 0) is 12.1 Å². The van der Waals surface area contributed by atoms with Gasteiger partial charge in [0.15, 0.2) is 5.76 Å². The van der Waals surface area contributed by atoms with E-state index < -0.39 is 0 Å². The molecule has 0 spiro atoms. The Labute approximate surface area is 149 Å². The first-order valence-electron chi connectivity index (χ1n) is 8.33. The number of rotatable bonds is 3. The largest absolute Gasteiger partial charge is 0.353 e. The molecule has 0 saturated carbocycles. The van der Waals surface area contributed by atoms with E-state index in [1.54, 1.807) is 4.68 Å². The van der Waals surface area contributed by atoms with Crippen LogP contribution in [-0.4, -0.2) is 20.2 Å². The molecule has 5 aromatic rings. The van der Waals surface area contributed by atoms with Crippen LogP contribution in [0.2, 0.25) is 0 Å². The summed E-state index contributed by atoms with van der Waals surface area (Å²) >= 11 is 0. The van der Waals surface area contributed by atoms with E-state index in [9.17, 15) is 0 Å². The average molecular weight is 338 g/mol. The molecule has 0 amide bonds. The second-order valence-electron chi connectivity index (χ2n) is 5.93. The van der Waals surface area contributed by atoms with Crippen LogP contribution in [0.15, 0.2) is 89.5 Å². The van der Waals surface area contributed by atoms with Gasteiger partial charge in [-0.3, -0.25) is 0 Å². The van der Waals surface area contributed by atoms with E-state index in [1.807, 2.05) is 84.9 Å². The van der Waals surface area contributed by atoms with Crippen molar-refractivity contribution < 1.29 is 4.52 Å². The van der Waals surface area contributed by atoms with Gasteiger partial charge in [-0.15, -0.1) is 5.10 Å². The highest BCUT2D eigenvalue weighted by molar-refractivity contribution is 5.84. The molecular formula is C21H14N4O. The topological polar surface area (TPSA) is 56.7 Å². The second-order valence-corrected chi connectivity index (χ2v) is 5.93. The zero-order valence-corrected chi connectivity index (χ0v) is 13.8. The van der Waals surface area contributed by atoms with E-state index in [-0.39, 0.29) is 0 Å². The molecule has 0 aliphatic rings. The maximum atomic E-state index is 5.77. The van der Waals surface area contributed by atoms with Crippen LogP contribution in [0.5, 0.6) is 0 Å². The Kier molecular flexibility index (Phi) is 3.35. The van der Waals surface area contributed by atoms with Gasteiger partial charge >= 0.3 is 0 Å². The van der Waals surface area contributed by atoms with Crippen LogP contribution < -0.4 is 0 Å². The molecule has 5 nitrogen and oxygen atoms in total. The molecule has 3 aromatic carbocycles. The average Bonchev–Trinajstić information content (AvgIpc) is 3.33. The predicted octanol–water partition coefficient (Wildman–Crippen LogP) is 4.74. The van der Waals surface area contributed by atoms with Crippen LogP contribution in [-0.2, 0) is 0 Å². The highest BCUT2D eigenvalue weighted by Gasteiger charge is 2.23. The molecule has 0 unspecified atom stereocenters. The number of hydrogen-bond acceptors (Lipinski definition) is 4. The van der Waals surface area contributed by atoms with Gasteiger partial charge in [0, 0.05) is 11.1 Å². The van der Waals surface area contributed by atoms with E-state index in [2.05, 4.69) is 15.5 Å². The van der Waals surface area contributed by atoms with E-state index >= 15 is 0 Å². The standard InChI is InChI=1S/C21H14N4O/c1-3-9-15(10-4-1)19-20(21(26-23-19)16-11-5-2-6-12-16)25-18-14-8-7-13-17(18)22-24-25/h1-14H. The molecule has 0 N–H and O–H groups in total. The Bertz CT molecular complexity index is 1120. The third-order valence-corrected chi connectivity index (χ3v) is 4.31. The summed E-state index contributed by atoms with van der Waals surface area (Å²) in [6.45, 7) is 0. The molecule has 0 bridgehead atoms. The summed E-state index contributed by atoms with van der Waals surface area (Å²) in [5, 5.41) is 13.0. The maximum absolute atomic E-state index is 5.77. The van der Waals surface area contributed by atoms with Crippen LogP contribution in [0.1, 0.15) is 0 Å². The third kappa shape index (κ3) is 2.29. The highest BCUT2D eigenvalue weighted by Crippen LogP contribution is 2.36. The van der Waals surface area contributed by atoms with Crippen LogP contribution in [0.4, 0.5) is 0 Å². The van der Waals surface area contributed by atoms with Crippen molar-refractivity contribution in [3.63, 3.8) is 0 Å². The van der Waals surface area contributed by atoms with Crippen molar-refractivity contribution in [1.82, 2.24) is 20.2 Å². The number of fused-ring (bicyclic) bond motifs is 1. The molecule has 0 aliphatic carbocycles. The summed E-state index contributed by atoms with van der Waals surface area (Å²) < 4.78 is 7.57. The van der Waals surface area contributed by atoms with Crippen molar-refractivity contribution in [2.24, 2.45) is 0 Å². The summed E-state index contributed by atoms with van der Waals surface area (Å²) in [6, 6.07) is 27.7. The monoisotopic (exact) mass is 338 g/mol. The second kappa shape index (κ2) is 5.97. The van der Waals surface area contributed by atoms with Crippen LogP contribution in [0.3, 0.4) is 0 Å². The van der Waals surface area contributed by atoms with Crippen molar-refractivity contribution in [3.8, 4) is 28.3 Å². The van der Waals surface area contributed by atoms with Gasteiger partial charge in [0.25, 0.3) is 0 Å². The Hall–Kier alpha value is -3.73. The Morgan fingerprint density at radius 1 is 0.692 bits per heavy atom. The summed E-state index contributed by atoms with van der Waals surface area (Å²) in [5.41, 5.74) is 5.16. The first-order valence-corrected chi connectivity index (χ1v) is 8.33. The zero-order valence-electron chi connectivity index (χ0n) is 13.8. The minimum Gasteiger partial charge on any atom is -0.353 e. The predicted molar refractivity (Wildman–Crippen MR) is 99.8 cm³/mol. The lowest BCUT2D eigenvalue weighted by molar-refractivity contribution is 0.434. The SMILES string of the molecule is c1ccc(-c2noc(-c3ccccc3)c2-n2nnc3ccccc32)cc1. The molecule has 26 heavy (non-hydrogen) atoms. The fourth-order valence-electron chi connectivity index (χ4n) is 3.08. The molecule has 0 saturated heterocycles. The van der Waals surface area contributed by atoms with E-state index in [1.165, 1.54) is 0 Å². The molecule has 5 rings (SSSR count). The van der Waals surface area contributed by atoms with Gasteiger partial charge in [-0.1, -0.05) is 83.2 Å². The van der Waals surface area contributed by atoms with E-state index in [0.29, 0.717) is 5.76 Å². The molecule has 5 heteroatoms. The van der Waals surface area contributed by atoms with Gasteiger partial charge in [-0.2, -0.15) is 0 Å². The summed E-state index contributed by atoms with van der Waals surface area (Å²) in [6.07, 6.45) is 0. The highest BCUT2D eigenvalue weighted by atomic mass is 16.5. The molecule has 0 radical (unpaired) electrons.